The molecule has 0 aliphatic carbocycles. The third-order valence-corrected chi connectivity index (χ3v) is 5.13. The molecule has 3 rings (SSSR count). The lowest BCUT2D eigenvalue weighted by molar-refractivity contribution is -0.135. The van der Waals surface area contributed by atoms with Gasteiger partial charge in [0.15, 0.2) is 0 Å². The molecule has 2 aromatic rings. The summed E-state index contributed by atoms with van der Waals surface area (Å²) in [6.07, 6.45) is 2.59. The van der Waals surface area contributed by atoms with Crippen LogP contribution in [0.1, 0.15) is 36.8 Å². The Balaban J connectivity index is 1.53. The fourth-order valence-electron chi connectivity index (χ4n) is 3.28. The highest BCUT2D eigenvalue weighted by Crippen LogP contribution is 2.30. The second kappa shape index (κ2) is 8.46. The first-order valence-corrected chi connectivity index (χ1v) is 9.33. The van der Waals surface area contributed by atoms with Crippen molar-refractivity contribution in [3.05, 3.63) is 59.4 Å². The molecule has 0 atom stereocenters. The van der Waals surface area contributed by atoms with E-state index in [1.54, 1.807) is 31.0 Å². The SMILES string of the molecule is CCC(=O)N(C)c1ccc(C2CN(C(=O)CCc3ccc(F)nc3)C2)cc1F. The quantitative estimate of drug-likeness (QED) is 0.715. The Labute approximate surface area is 163 Å². The summed E-state index contributed by atoms with van der Waals surface area (Å²) in [5.41, 5.74) is 1.90. The summed E-state index contributed by atoms with van der Waals surface area (Å²) in [7, 11) is 1.56. The first-order valence-electron chi connectivity index (χ1n) is 9.33. The zero-order chi connectivity index (χ0) is 20.3. The van der Waals surface area contributed by atoms with Gasteiger partial charge < -0.3 is 9.80 Å². The molecule has 0 saturated carbocycles. The average Bonchev–Trinajstić information content (AvgIpc) is 2.65. The predicted octanol–water partition coefficient (Wildman–Crippen LogP) is 3.29. The number of nitrogens with zero attached hydrogens (tertiary/aromatic N) is 3. The van der Waals surface area contributed by atoms with Crippen LogP contribution in [0, 0.1) is 11.8 Å². The Morgan fingerprint density at radius 3 is 2.57 bits per heavy atom. The summed E-state index contributed by atoms with van der Waals surface area (Å²) in [5, 5.41) is 0. The topological polar surface area (TPSA) is 53.5 Å². The van der Waals surface area contributed by atoms with Crippen LogP contribution in [0.5, 0.6) is 0 Å². The Bertz CT molecular complexity index is 864. The summed E-state index contributed by atoms with van der Waals surface area (Å²) >= 11 is 0. The number of carbonyl (C=O) groups excluding carboxylic acids is 2. The van der Waals surface area contributed by atoms with Crippen LogP contribution in [0.2, 0.25) is 0 Å². The van der Waals surface area contributed by atoms with Crippen LogP contribution >= 0.6 is 0 Å². The maximum absolute atomic E-state index is 14.4. The van der Waals surface area contributed by atoms with E-state index in [-0.39, 0.29) is 23.4 Å². The van der Waals surface area contributed by atoms with Crippen molar-refractivity contribution in [2.75, 3.05) is 25.0 Å². The van der Waals surface area contributed by atoms with Gasteiger partial charge in [0, 0.05) is 45.1 Å². The number of halogens is 2. The lowest BCUT2D eigenvalue weighted by Gasteiger charge is -2.40. The van der Waals surface area contributed by atoms with Gasteiger partial charge in [-0.15, -0.1) is 0 Å². The van der Waals surface area contributed by atoms with Gasteiger partial charge in [0.25, 0.3) is 0 Å². The van der Waals surface area contributed by atoms with Gasteiger partial charge in [-0.1, -0.05) is 19.1 Å². The highest BCUT2D eigenvalue weighted by molar-refractivity contribution is 5.92. The van der Waals surface area contributed by atoms with E-state index < -0.39 is 11.8 Å². The molecule has 1 aromatic carbocycles. The smallest absolute Gasteiger partial charge is 0.226 e. The molecule has 28 heavy (non-hydrogen) atoms. The molecule has 0 N–H and O–H groups in total. The fourth-order valence-corrected chi connectivity index (χ4v) is 3.28. The summed E-state index contributed by atoms with van der Waals surface area (Å²) < 4.78 is 27.2. The summed E-state index contributed by atoms with van der Waals surface area (Å²) in [6.45, 7) is 2.82. The molecule has 0 radical (unpaired) electrons. The van der Waals surface area contributed by atoms with Crippen molar-refractivity contribution in [2.45, 2.75) is 32.1 Å². The molecule has 5 nitrogen and oxygen atoms in total. The van der Waals surface area contributed by atoms with Gasteiger partial charge in [-0.2, -0.15) is 4.39 Å². The van der Waals surface area contributed by atoms with Gasteiger partial charge in [-0.3, -0.25) is 9.59 Å². The first-order chi connectivity index (χ1) is 13.4. The third-order valence-electron chi connectivity index (χ3n) is 5.13. The summed E-state index contributed by atoms with van der Waals surface area (Å²) in [5.74, 6) is -1.01. The molecule has 1 aliphatic heterocycles. The van der Waals surface area contributed by atoms with Crippen molar-refractivity contribution >= 4 is 17.5 Å². The number of amides is 2. The number of aromatic nitrogens is 1. The molecule has 1 saturated heterocycles. The molecular formula is C21H23F2N3O2. The monoisotopic (exact) mass is 387 g/mol. The van der Waals surface area contributed by atoms with E-state index in [4.69, 9.17) is 0 Å². The number of carbonyl (C=O) groups is 2. The van der Waals surface area contributed by atoms with Gasteiger partial charge in [-0.05, 0) is 35.7 Å². The zero-order valence-corrected chi connectivity index (χ0v) is 16.0. The Morgan fingerprint density at radius 2 is 1.96 bits per heavy atom. The van der Waals surface area contributed by atoms with Crippen molar-refractivity contribution in [3.8, 4) is 0 Å². The van der Waals surface area contributed by atoms with Gasteiger partial charge >= 0.3 is 0 Å². The van der Waals surface area contributed by atoms with Crippen molar-refractivity contribution < 1.29 is 18.4 Å². The van der Waals surface area contributed by atoms with E-state index in [0.717, 1.165) is 11.1 Å². The highest BCUT2D eigenvalue weighted by atomic mass is 19.1. The molecule has 0 bridgehead atoms. The fraction of sp³-hybridized carbons (Fsp3) is 0.381. The minimum atomic E-state index is -0.538. The number of benzene rings is 1. The molecule has 148 valence electrons. The first kappa shape index (κ1) is 19.9. The van der Waals surface area contributed by atoms with E-state index in [0.29, 0.717) is 32.4 Å². The van der Waals surface area contributed by atoms with Crippen LogP contribution in [-0.4, -0.2) is 41.8 Å². The molecule has 1 aliphatic rings. The van der Waals surface area contributed by atoms with E-state index in [1.807, 2.05) is 6.07 Å². The Kier molecular flexibility index (Phi) is 6.02. The molecule has 1 aromatic heterocycles. The van der Waals surface area contributed by atoms with Gasteiger partial charge in [0.05, 0.1) is 5.69 Å². The molecule has 7 heteroatoms. The standard InChI is InChI=1S/C21H23F2N3O2/c1-3-20(27)25(2)18-7-6-15(10-17(18)22)16-12-26(13-16)21(28)9-5-14-4-8-19(23)24-11-14/h4,6-8,10-11,16H,3,5,9,12-13H2,1-2H3. The molecule has 2 amide bonds. The van der Waals surface area contributed by atoms with Gasteiger partial charge in [0.2, 0.25) is 17.8 Å². The van der Waals surface area contributed by atoms with Crippen LogP contribution < -0.4 is 4.90 Å². The van der Waals surface area contributed by atoms with Gasteiger partial charge in [0.1, 0.15) is 5.82 Å². The average molecular weight is 387 g/mol. The van der Waals surface area contributed by atoms with E-state index in [1.165, 1.54) is 23.2 Å². The van der Waals surface area contributed by atoms with Crippen molar-refractivity contribution in [1.29, 1.82) is 0 Å². The Hall–Kier alpha value is -2.83. The lowest BCUT2D eigenvalue weighted by Crippen LogP contribution is -2.48. The normalized spacial score (nSPS) is 13.9. The Morgan fingerprint density at radius 1 is 1.21 bits per heavy atom. The molecule has 0 unspecified atom stereocenters. The van der Waals surface area contributed by atoms with E-state index in [2.05, 4.69) is 4.98 Å². The molecule has 2 heterocycles. The van der Waals surface area contributed by atoms with Crippen molar-refractivity contribution in [2.24, 2.45) is 0 Å². The number of likely N-dealkylation sites (tertiary alicyclic amines) is 1. The van der Waals surface area contributed by atoms with Gasteiger partial charge in [-0.25, -0.2) is 9.37 Å². The number of pyridine rings is 1. The van der Waals surface area contributed by atoms with Crippen LogP contribution in [0.25, 0.3) is 0 Å². The van der Waals surface area contributed by atoms with E-state index >= 15 is 0 Å². The van der Waals surface area contributed by atoms with E-state index in [9.17, 15) is 18.4 Å². The number of aryl methyl sites for hydroxylation is 1. The molecule has 1 fully saturated rings. The maximum atomic E-state index is 14.4. The lowest BCUT2D eigenvalue weighted by atomic mass is 9.90. The second-order valence-electron chi connectivity index (χ2n) is 7.00. The molecule has 0 spiro atoms. The highest BCUT2D eigenvalue weighted by Gasteiger charge is 2.32. The predicted molar refractivity (Wildman–Crippen MR) is 102 cm³/mol. The van der Waals surface area contributed by atoms with Crippen LogP contribution in [0.3, 0.4) is 0 Å². The van der Waals surface area contributed by atoms with Crippen molar-refractivity contribution in [1.82, 2.24) is 9.88 Å². The number of hydrogen-bond acceptors (Lipinski definition) is 3. The number of anilines is 1. The zero-order valence-electron chi connectivity index (χ0n) is 16.0. The second-order valence-corrected chi connectivity index (χ2v) is 7.00. The largest absolute Gasteiger partial charge is 0.341 e. The van der Waals surface area contributed by atoms with Crippen LogP contribution in [0.15, 0.2) is 36.5 Å². The molecular weight excluding hydrogens is 364 g/mol. The van der Waals surface area contributed by atoms with Crippen molar-refractivity contribution in [3.63, 3.8) is 0 Å². The minimum Gasteiger partial charge on any atom is -0.341 e. The third kappa shape index (κ3) is 4.35. The number of rotatable bonds is 6. The number of hydrogen-bond donors (Lipinski definition) is 0. The summed E-state index contributed by atoms with van der Waals surface area (Å²) in [6, 6.07) is 7.78. The summed E-state index contributed by atoms with van der Waals surface area (Å²) in [4.78, 5) is 30.7. The minimum absolute atomic E-state index is 0.0194. The maximum Gasteiger partial charge on any atom is 0.226 e. The van der Waals surface area contributed by atoms with Crippen LogP contribution in [0.4, 0.5) is 14.5 Å². The van der Waals surface area contributed by atoms with Crippen LogP contribution in [-0.2, 0) is 16.0 Å².